The van der Waals surface area contributed by atoms with Crippen molar-refractivity contribution in [3.8, 4) is 0 Å². The molecule has 0 aromatic heterocycles. The monoisotopic (exact) mass is 140 g/mol. The average Bonchev–Trinajstić information content (AvgIpc) is 2.20. The van der Waals surface area contributed by atoms with E-state index in [4.69, 9.17) is 4.74 Å². The lowest BCUT2D eigenvalue weighted by Gasteiger charge is -2.22. The zero-order valence-corrected chi connectivity index (χ0v) is 6.01. The molecule has 0 spiro atoms. The average molecular weight is 140 g/mol. The number of fused-ring (bicyclic) bond motifs is 4. The number of hydrogen-bond donors (Lipinski definition) is 0. The van der Waals surface area contributed by atoms with E-state index in [1.165, 1.54) is 6.42 Å². The Hall–Kier alpha value is -0.530. The summed E-state index contributed by atoms with van der Waals surface area (Å²) in [5, 5.41) is 0. The summed E-state index contributed by atoms with van der Waals surface area (Å²) in [4.78, 5) is 11.1. The molecule has 0 amide bonds. The Balaban J connectivity index is 2.15. The van der Waals surface area contributed by atoms with Gasteiger partial charge in [0.2, 0.25) is 0 Å². The maximum Gasteiger partial charge on any atom is 0.309 e. The molecule has 3 fully saturated rings. The van der Waals surface area contributed by atoms with Gasteiger partial charge in [0.05, 0.1) is 5.92 Å². The Morgan fingerprint density at radius 3 is 2.90 bits per heavy atom. The van der Waals surface area contributed by atoms with Crippen molar-refractivity contribution < 1.29 is 9.53 Å². The summed E-state index contributed by atoms with van der Waals surface area (Å²) in [6.45, 7) is 0. The third-order valence-corrected chi connectivity index (χ3v) is 2.53. The summed E-state index contributed by atoms with van der Waals surface area (Å²) in [5.41, 5.74) is 0. The second-order valence-corrected chi connectivity index (χ2v) is 3.26. The normalized spacial score (nSPS) is 39.0. The van der Waals surface area contributed by atoms with Crippen molar-refractivity contribution in [2.24, 2.45) is 5.92 Å². The highest BCUT2D eigenvalue weighted by Crippen LogP contribution is 2.31. The van der Waals surface area contributed by atoms with E-state index in [0.29, 0.717) is 0 Å². The molecular weight excluding hydrogens is 128 g/mol. The van der Waals surface area contributed by atoms with Crippen LogP contribution in [0.1, 0.15) is 32.1 Å². The molecule has 2 atom stereocenters. The highest BCUT2D eigenvalue weighted by molar-refractivity contribution is 5.73. The van der Waals surface area contributed by atoms with E-state index in [1.54, 1.807) is 0 Å². The molecule has 0 radical (unpaired) electrons. The number of rotatable bonds is 0. The molecule has 3 rings (SSSR count). The maximum absolute atomic E-state index is 11.1. The van der Waals surface area contributed by atoms with E-state index in [0.717, 1.165) is 25.7 Å². The largest absolute Gasteiger partial charge is 0.462 e. The van der Waals surface area contributed by atoms with E-state index in [1.807, 2.05) is 0 Å². The molecule has 3 aliphatic rings. The van der Waals surface area contributed by atoms with Gasteiger partial charge < -0.3 is 4.74 Å². The van der Waals surface area contributed by atoms with Crippen LogP contribution in [0.2, 0.25) is 0 Å². The SMILES string of the molecule is O=C1O[C@@H]2CCC[C@H]1CC2. The predicted molar refractivity (Wildman–Crippen MR) is 36.5 cm³/mol. The quantitative estimate of drug-likeness (QED) is 0.476. The molecule has 2 saturated heterocycles. The molecule has 1 aliphatic carbocycles. The molecule has 2 nitrogen and oxygen atoms in total. The van der Waals surface area contributed by atoms with E-state index >= 15 is 0 Å². The zero-order valence-electron chi connectivity index (χ0n) is 6.01. The van der Waals surface area contributed by atoms with Crippen LogP contribution in [0.5, 0.6) is 0 Å². The molecule has 2 heteroatoms. The van der Waals surface area contributed by atoms with Crippen molar-refractivity contribution >= 4 is 5.97 Å². The molecule has 0 unspecified atom stereocenters. The van der Waals surface area contributed by atoms with Crippen LogP contribution >= 0.6 is 0 Å². The fourth-order valence-corrected chi connectivity index (χ4v) is 1.88. The number of carbonyl (C=O) groups is 1. The predicted octanol–water partition coefficient (Wildman–Crippen LogP) is 1.49. The smallest absolute Gasteiger partial charge is 0.309 e. The summed E-state index contributed by atoms with van der Waals surface area (Å²) < 4.78 is 5.17. The molecular formula is C8H12O2. The van der Waals surface area contributed by atoms with Crippen LogP contribution in [0.4, 0.5) is 0 Å². The minimum atomic E-state index is 0.0637. The topological polar surface area (TPSA) is 26.3 Å². The maximum atomic E-state index is 11.1. The first-order valence-electron chi connectivity index (χ1n) is 4.07. The van der Waals surface area contributed by atoms with Crippen molar-refractivity contribution in [1.29, 1.82) is 0 Å². The Bertz CT molecular complexity index is 149. The first-order valence-corrected chi connectivity index (χ1v) is 4.07. The van der Waals surface area contributed by atoms with Crippen LogP contribution in [0.25, 0.3) is 0 Å². The lowest BCUT2D eigenvalue weighted by molar-refractivity contribution is -0.158. The lowest BCUT2D eigenvalue weighted by atomic mass is 9.99. The standard InChI is InChI=1S/C8H12O2/c9-8-6-2-1-3-7(10-8)5-4-6/h6-7H,1-5H2/t6-,7+/m0/s1. The Kier molecular flexibility index (Phi) is 1.40. The van der Waals surface area contributed by atoms with Gasteiger partial charge in [-0.2, -0.15) is 0 Å². The number of hydrogen-bond acceptors (Lipinski definition) is 2. The van der Waals surface area contributed by atoms with Crippen LogP contribution in [-0.2, 0) is 9.53 Å². The number of esters is 1. The van der Waals surface area contributed by atoms with Gasteiger partial charge in [0, 0.05) is 0 Å². The lowest BCUT2D eigenvalue weighted by Crippen LogP contribution is -2.27. The Labute approximate surface area is 60.6 Å². The van der Waals surface area contributed by atoms with E-state index < -0.39 is 0 Å². The van der Waals surface area contributed by atoms with Crippen LogP contribution < -0.4 is 0 Å². The fraction of sp³-hybridized carbons (Fsp3) is 0.875. The first-order chi connectivity index (χ1) is 4.86. The summed E-state index contributed by atoms with van der Waals surface area (Å²) in [5.74, 6) is 0.313. The Morgan fingerprint density at radius 2 is 2.10 bits per heavy atom. The van der Waals surface area contributed by atoms with Gasteiger partial charge in [-0.3, -0.25) is 4.79 Å². The third-order valence-electron chi connectivity index (χ3n) is 2.53. The highest BCUT2D eigenvalue weighted by atomic mass is 16.5. The molecule has 0 aromatic carbocycles. The zero-order chi connectivity index (χ0) is 6.97. The van der Waals surface area contributed by atoms with Crippen LogP contribution in [-0.4, -0.2) is 12.1 Å². The summed E-state index contributed by atoms with van der Waals surface area (Å²) in [6, 6.07) is 0. The van der Waals surface area contributed by atoms with Crippen LogP contribution in [0.15, 0.2) is 0 Å². The van der Waals surface area contributed by atoms with E-state index in [9.17, 15) is 4.79 Å². The summed E-state index contributed by atoms with van der Waals surface area (Å²) in [7, 11) is 0. The van der Waals surface area contributed by atoms with Crippen molar-refractivity contribution in [1.82, 2.24) is 0 Å². The van der Waals surface area contributed by atoms with Gasteiger partial charge in [0.15, 0.2) is 0 Å². The van der Waals surface area contributed by atoms with E-state index in [2.05, 4.69) is 0 Å². The highest BCUT2D eigenvalue weighted by Gasteiger charge is 2.32. The molecule has 2 heterocycles. The molecule has 56 valence electrons. The summed E-state index contributed by atoms with van der Waals surface area (Å²) >= 11 is 0. The molecule has 10 heavy (non-hydrogen) atoms. The molecule has 2 bridgehead atoms. The molecule has 1 saturated carbocycles. The fourth-order valence-electron chi connectivity index (χ4n) is 1.88. The summed E-state index contributed by atoms with van der Waals surface area (Å²) in [6.07, 6.45) is 5.80. The van der Waals surface area contributed by atoms with Crippen LogP contribution in [0.3, 0.4) is 0 Å². The first kappa shape index (κ1) is 6.20. The number of carbonyl (C=O) groups excluding carboxylic acids is 1. The van der Waals surface area contributed by atoms with Crippen molar-refractivity contribution in [2.45, 2.75) is 38.2 Å². The van der Waals surface area contributed by atoms with E-state index in [-0.39, 0.29) is 18.0 Å². The third kappa shape index (κ3) is 0.917. The van der Waals surface area contributed by atoms with Crippen molar-refractivity contribution in [3.05, 3.63) is 0 Å². The van der Waals surface area contributed by atoms with Gasteiger partial charge >= 0.3 is 5.97 Å². The van der Waals surface area contributed by atoms with Crippen molar-refractivity contribution in [3.63, 3.8) is 0 Å². The van der Waals surface area contributed by atoms with Gasteiger partial charge in [-0.05, 0) is 32.1 Å². The Morgan fingerprint density at radius 1 is 1.20 bits per heavy atom. The molecule has 2 aliphatic heterocycles. The number of ether oxygens (including phenoxy) is 1. The second-order valence-electron chi connectivity index (χ2n) is 3.26. The molecule has 0 N–H and O–H groups in total. The van der Waals surface area contributed by atoms with Gasteiger partial charge in [-0.25, -0.2) is 0 Å². The molecule has 0 aromatic rings. The van der Waals surface area contributed by atoms with Gasteiger partial charge in [-0.15, -0.1) is 0 Å². The van der Waals surface area contributed by atoms with Crippen molar-refractivity contribution in [2.75, 3.05) is 0 Å². The van der Waals surface area contributed by atoms with Gasteiger partial charge in [-0.1, -0.05) is 0 Å². The van der Waals surface area contributed by atoms with Gasteiger partial charge in [0.1, 0.15) is 6.10 Å². The minimum Gasteiger partial charge on any atom is -0.462 e. The van der Waals surface area contributed by atoms with Gasteiger partial charge in [0.25, 0.3) is 0 Å². The minimum absolute atomic E-state index is 0.0637. The second kappa shape index (κ2) is 2.26. The van der Waals surface area contributed by atoms with Crippen LogP contribution in [0, 0.1) is 5.92 Å².